The molecule has 0 saturated carbocycles. The third-order valence-corrected chi connectivity index (χ3v) is 4.18. The van der Waals surface area contributed by atoms with E-state index in [0.29, 0.717) is 0 Å². The Morgan fingerprint density at radius 2 is 2.22 bits per heavy atom. The Morgan fingerprint density at radius 1 is 1.33 bits per heavy atom. The maximum Gasteiger partial charge on any atom is 0.0351 e. The van der Waals surface area contributed by atoms with Crippen LogP contribution in [0.1, 0.15) is 26.2 Å². The Kier molecular flexibility index (Phi) is 5.51. The first-order chi connectivity index (χ1) is 8.74. The lowest BCUT2D eigenvalue weighted by atomic mass is 10.0. The van der Waals surface area contributed by atoms with Crippen molar-refractivity contribution < 1.29 is 0 Å². The van der Waals surface area contributed by atoms with Crippen LogP contribution >= 0.6 is 15.9 Å². The number of nitrogens with one attached hydrogen (secondary N) is 1. The minimum atomic E-state index is 0.910. The molecule has 1 unspecified atom stereocenters. The molecule has 100 valence electrons. The fraction of sp³-hybridized carbons (Fsp3) is 0.600. The molecule has 3 heteroatoms. The molecule has 0 bridgehead atoms. The van der Waals surface area contributed by atoms with Gasteiger partial charge in [0.2, 0.25) is 0 Å². The van der Waals surface area contributed by atoms with Gasteiger partial charge in [-0.25, -0.2) is 0 Å². The molecular weight excluding hydrogens is 288 g/mol. The van der Waals surface area contributed by atoms with Crippen LogP contribution in [0.25, 0.3) is 0 Å². The number of halogens is 1. The van der Waals surface area contributed by atoms with E-state index in [1.807, 2.05) is 0 Å². The summed E-state index contributed by atoms with van der Waals surface area (Å²) in [5.74, 6) is 0.910. The van der Waals surface area contributed by atoms with Crippen molar-refractivity contribution in [2.75, 3.05) is 31.5 Å². The molecule has 1 aliphatic rings. The summed E-state index contributed by atoms with van der Waals surface area (Å²) in [4.78, 5) is 2.59. The molecule has 1 N–H and O–H groups in total. The third-order valence-electron chi connectivity index (χ3n) is 3.69. The van der Waals surface area contributed by atoms with Gasteiger partial charge in [0.15, 0.2) is 0 Å². The van der Waals surface area contributed by atoms with E-state index < -0.39 is 0 Å². The number of nitrogens with zero attached hydrogens (tertiary/aromatic N) is 1. The van der Waals surface area contributed by atoms with Crippen LogP contribution in [-0.4, -0.2) is 31.1 Å². The molecule has 2 nitrogen and oxygen atoms in total. The van der Waals surface area contributed by atoms with E-state index in [0.717, 1.165) is 23.5 Å². The minimum Gasteiger partial charge on any atom is -0.384 e. The topological polar surface area (TPSA) is 15.3 Å². The van der Waals surface area contributed by atoms with Gasteiger partial charge in [-0.05, 0) is 56.5 Å². The highest BCUT2D eigenvalue weighted by molar-refractivity contribution is 9.10. The zero-order valence-corrected chi connectivity index (χ0v) is 12.7. The highest BCUT2D eigenvalue weighted by Gasteiger charge is 2.12. The number of benzene rings is 1. The first-order valence-corrected chi connectivity index (χ1v) is 7.75. The van der Waals surface area contributed by atoms with Crippen LogP contribution < -0.4 is 5.32 Å². The molecule has 0 amide bonds. The Morgan fingerprint density at radius 3 is 3.06 bits per heavy atom. The molecule has 0 aliphatic carbocycles. The van der Waals surface area contributed by atoms with E-state index in [-0.39, 0.29) is 0 Å². The lowest BCUT2D eigenvalue weighted by Crippen LogP contribution is -2.30. The molecule has 2 rings (SSSR count). The van der Waals surface area contributed by atoms with E-state index >= 15 is 0 Å². The van der Waals surface area contributed by atoms with Gasteiger partial charge in [0.1, 0.15) is 0 Å². The maximum atomic E-state index is 3.50. The van der Waals surface area contributed by atoms with Crippen molar-refractivity contribution in [1.82, 2.24) is 4.90 Å². The van der Waals surface area contributed by atoms with E-state index in [4.69, 9.17) is 0 Å². The minimum absolute atomic E-state index is 0.910. The van der Waals surface area contributed by atoms with Crippen molar-refractivity contribution in [2.24, 2.45) is 5.92 Å². The van der Waals surface area contributed by atoms with Gasteiger partial charge in [0, 0.05) is 23.2 Å². The summed E-state index contributed by atoms with van der Waals surface area (Å²) in [7, 11) is 0. The van der Waals surface area contributed by atoms with Crippen molar-refractivity contribution in [1.29, 1.82) is 0 Å². The molecular formula is C15H23BrN2. The molecule has 0 radical (unpaired) electrons. The highest BCUT2D eigenvalue weighted by Crippen LogP contribution is 2.17. The summed E-state index contributed by atoms with van der Waals surface area (Å²) < 4.78 is 1.14. The second kappa shape index (κ2) is 7.15. The largest absolute Gasteiger partial charge is 0.384 e. The van der Waals surface area contributed by atoms with Crippen LogP contribution in [0.3, 0.4) is 0 Å². The molecule has 1 aromatic carbocycles. The molecule has 1 aromatic rings. The summed E-state index contributed by atoms with van der Waals surface area (Å²) in [6.07, 6.45) is 4.12. The van der Waals surface area contributed by atoms with Gasteiger partial charge in [-0.1, -0.05) is 28.9 Å². The monoisotopic (exact) mass is 310 g/mol. The molecule has 1 atom stereocenters. The third kappa shape index (κ3) is 4.62. The Bertz CT molecular complexity index is 367. The number of hydrogen-bond donors (Lipinski definition) is 1. The zero-order chi connectivity index (χ0) is 12.8. The summed E-state index contributed by atoms with van der Waals surface area (Å²) >= 11 is 3.50. The Labute approximate surface area is 119 Å². The van der Waals surface area contributed by atoms with Crippen LogP contribution in [-0.2, 0) is 0 Å². The average molecular weight is 311 g/mol. The van der Waals surface area contributed by atoms with Crippen molar-refractivity contribution in [3.63, 3.8) is 0 Å². The van der Waals surface area contributed by atoms with Gasteiger partial charge < -0.3 is 10.2 Å². The second-order valence-corrected chi connectivity index (χ2v) is 6.23. The zero-order valence-electron chi connectivity index (χ0n) is 11.2. The van der Waals surface area contributed by atoms with Crippen LogP contribution in [0.5, 0.6) is 0 Å². The number of rotatable bonds is 4. The first-order valence-electron chi connectivity index (χ1n) is 6.96. The van der Waals surface area contributed by atoms with Crippen LogP contribution in [0.2, 0.25) is 0 Å². The van der Waals surface area contributed by atoms with Crippen molar-refractivity contribution in [3.8, 4) is 0 Å². The first kappa shape index (κ1) is 13.9. The average Bonchev–Trinajstić information content (AvgIpc) is 2.55. The summed E-state index contributed by atoms with van der Waals surface area (Å²) in [5.41, 5.74) is 1.20. The predicted octanol–water partition coefficient (Wildman–Crippen LogP) is 3.98. The smallest absolute Gasteiger partial charge is 0.0351 e. The van der Waals surface area contributed by atoms with E-state index in [1.165, 1.54) is 38.0 Å². The van der Waals surface area contributed by atoms with E-state index in [9.17, 15) is 0 Å². The molecule has 18 heavy (non-hydrogen) atoms. The van der Waals surface area contributed by atoms with Gasteiger partial charge in [-0.2, -0.15) is 0 Å². The van der Waals surface area contributed by atoms with Gasteiger partial charge in [0.25, 0.3) is 0 Å². The molecule has 1 fully saturated rings. The number of anilines is 1. The van der Waals surface area contributed by atoms with Crippen LogP contribution in [0.15, 0.2) is 28.7 Å². The van der Waals surface area contributed by atoms with E-state index in [2.05, 4.69) is 57.3 Å². The molecule has 1 heterocycles. The molecule has 0 spiro atoms. The standard InChI is InChI=1S/C15H23BrN2/c1-13-4-3-9-18(10-7-13)11-8-17-15-6-2-5-14(16)12-15/h2,5-6,12-13,17H,3-4,7-11H2,1H3. The van der Waals surface area contributed by atoms with Crippen LogP contribution in [0.4, 0.5) is 5.69 Å². The van der Waals surface area contributed by atoms with Gasteiger partial charge in [-0.15, -0.1) is 0 Å². The van der Waals surface area contributed by atoms with Gasteiger partial charge in [-0.3, -0.25) is 0 Å². The second-order valence-electron chi connectivity index (χ2n) is 5.31. The SMILES string of the molecule is CC1CCCN(CCNc2cccc(Br)c2)CC1. The van der Waals surface area contributed by atoms with E-state index in [1.54, 1.807) is 0 Å². The molecule has 0 aromatic heterocycles. The molecule has 1 saturated heterocycles. The Balaban J connectivity index is 1.71. The highest BCUT2D eigenvalue weighted by atomic mass is 79.9. The van der Waals surface area contributed by atoms with Crippen molar-refractivity contribution in [3.05, 3.63) is 28.7 Å². The number of hydrogen-bond acceptors (Lipinski definition) is 2. The fourth-order valence-corrected chi connectivity index (χ4v) is 2.90. The van der Waals surface area contributed by atoms with Crippen LogP contribution in [0, 0.1) is 5.92 Å². The Hall–Kier alpha value is -0.540. The van der Waals surface area contributed by atoms with Gasteiger partial charge in [0.05, 0.1) is 0 Å². The summed E-state index contributed by atoms with van der Waals surface area (Å²) in [6, 6.07) is 8.38. The quantitative estimate of drug-likeness (QED) is 0.905. The van der Waals surface area contributed by atoms with Gasteiger partial charge >= 0.3 is 0 Å². The number of likely N-dealkylation sites (tertiary alicyclic amines) is 1. The summed E-state index contributed by atoms with van der Waals surface area (Å²) in [5, 5.41) is 3.49. The fourth-order valence-electron chi connectivity index (χ4n) is 2.50. The summed E-state index contributed by atoms with van der Waals surface area (Å²) in [6.45, 7) is 7.10. The predicted molar refractivity (Wildman–Crippen MR) is 82.1 cm³/mol. The lowest BCUT2D eigenvalue weighted by molar-refractivity contribution is 0.292. The van der Waals surface area contributed by atoms with Crippen molar-refractivity contribution >= 4 is 21.6 Å². The molecule has 1 aliphatic heterocycles. The van der Waals surface area contributed by atoms with Crippen molar-refractivity contribution in [2.45, 2.75) is 26.2 Å². The maximum absolute atomic E-state index is 3.50. The normalized spacial score (nSPS) is 21.6. The lowest BCUT2D eigenvalue weighted by Gasteiger charge is -2.20.